The Morgan fingerprint density at radius 2 is 1.84 bits per heavy atom. The van der Waals surface area contributed by atoms with Gasteiger partial charge in [0.25, 0.3) is 0 Å². The number of ether oxygens (including phenoxy) is 1. The number of nitrogens with zero attached hydrogens (tertiary/aromatic N) is 1. The van der Waals surface area contributed by atoms with Crippen molar-refractivity contribution in [1.82, 2.24) is 10.2 Å². The number of methoxy groups -OCH3 is 1. The number of urea groups is 1. The summed E-state index contributed by atoms with van der Waals surface area (Å²) in [4.78, 5) is 27.6. The van der Waals surface area contributed by atoms with Crippen LogP contribution in [0.5, 0.6) is 0 Å². The molecule has 1 aromatic carbocycles. The summed E-state index contributed by atoms with van der Waals surface area (Å²) in [7, 11) is 1.35. The van der Waals surface area contributed by atoms with Crippen LogP contribution in [-0.4, -0.2) is 56.2 Å². The summed E-state index contributed by atoms with van der Waals surface area (Å²) in [5.74, 6) is -0.0769. The van der Waals surface area contributed by atoms with Gasteiger partial charge in [-0.05, 0) is 12.3 Å². The molecular formula is C19H30N3O3+. The van der Waals surface area contributed by atoms with Crippen LogP contribution in [0, 0.1) is 5.92 Å². The summed E-state index contributed by atoms with van der Waals surface area (Å²) in [6.07, 6.45) is 0.581. The number of hydrogen-bond acceptors (Lipinski definition) is 3. The van der Waals surface area contributed by atoms with E-state index < -0.39 is 6.04 Å². The Labute approximate surface area is 150 Å². The van der Waals surface area contributed by atoms with Crippen LogP contribution >= 0.6 is 0 Å². The molecule has 1 heterocycles. The highest BCUT2D eigenvalue weighted by Gasteiger charge is 2.28. The zero-order chi connectivity index (χ0) is 18.2. The Morgan fingerprint density at radius 3 is 2.40 bits per heavy atom. The van der Waals surface area contributed by atoms with Crippen LogP contribution in [0.4, 0.5) is 4.79 Å². The number of quaternary nitrogens is 1. The highest BCUT2D eigenvalue weighted by molar-refractivity contribution is 5.83. The van der Waals surface area contributed by atoms with Crippen molar-refractivity contribution in [1.29, 1.82) is 0 Å². The number of rotatable bonds is 6. The van der Waals surface area contributed by atoms with Gasteiger partial charge in [-0.15, -0.1) is 0 Å². The Bertz CT molecular complexity index is 554. The lowest BCUT2D eigenvalue weighted by Gasteiger charge is -2.33. The molecule has 6 nitrogen and oxygen atoms in total. The molecule has 0 unspecified atom stereocenters. The normalized spacial score (nSPS) is 16.6. The smallest absolute Gasteiger partial charge is 0.328 e. The quantitative estimate of drug-likeness (QED) is 0.744. The van der Waals surface area contributed by atoms with Gasteiger partial charge >= 0.3 is 12.0 Å². The van der Waals surface area contributed by atoms with E-state index in [1.165, 1.54) is 17.6 Å². The second-order valence-corrected chi connectivity index (χ2v) is 7.05. The fourth-order valence-electron chi connectivity index (χ4n) is 3.16. The van der Waals surface area contributed by atoms with E-state index in [1.807, 2.05) is 19.9 Å². The summed E-state index contributed by atoms with van der Waals surface area (Å²) in [6, 6.07) is 9.66. The lowest BCUT2D eigenvalue weighted by atomic mass is 10.0. The van der Waals surface area contributed by atoms with Crippen molar-refractivity contribution < 1.29 is 19.2 Å². The molecule has 0 aromatic heterocycles. The number of piperazine rings is 1. The zero-order valence-corrected chi connectivity index (χ0v) is 15.5. The molecule has 1 fully saturated rings. The lowest BCUT2D eigenvalue weighted by Crippen LogP contribution is -3.13. The maximum Gasteiger partial charge on any atom is 0.328 e. The van der Waals surface area contributed by atoms with Gasteiger partial charge in [0, 0.05) is 5.56 Å². The van der Waals surface area contributed by atoms with Gasteiger partial charge in [0.15, 0.2) is 0 Å². The monoisotopic (exact) mass is 348 g/mol. The Balaban J connectivity index is 1.82. The Hall–Kier alpha value is -2.08. The largest absolute Gasteiger partial charge is 0.467 e. The maximum atomic E-state index is 12.5. The lowest BCUT2D eigenvalue weighted by molar-refractivity contribution is -0.917. The Kier molecular flexibility index (Phi) is 7.25. The highest BCUT2D eigenvalue weighted by atomic mass is 16.5. The fraction of sp³-hybridized carbons (Fsp3) is 0.579. The molecular weight excluding hydrogens is 318 g/mol. The van der Waals surface area contributed by atoms with Gasteiger partial charge in [-0.25, -0.2) is 9.59 Å². The third-order valence-electron chi connectivity index (χ3n) is 4.55. The molecule has 0 spiro atoms. The van der Waals surface area contributed by atoms with E-state index >= 15 is 0 Å². The van der Waals surface area contributed by atoms with E-state index in [9.17, 15) is 9.59 Å². The molecule has 0 saturated carbocycles. The molecule has 0 radical (unpaired) electrons. The van der Waals surface area contributed by atoms with Crippen LogP contribution in [0.15, 0.2) is 30.3 Å². The minimum atomic E-state index is -0.577. The molecule has 1 aliphatic rings. The molecule has 2 rings (SSSR count). The van der Waals surface area contributed by atoms with Gasteiger partial charge in [0.2, 0.25) is 0 Å². The van der Waals surface area contributed by atoms with E-state index in [1.54, 1.807) is 4.90 Å². The van der Waals surface area contributed by atoms with E-state index in [0.717, 1.165) is 19.6 Å². The molecule has 138 valence electrons. The summed E-state index contributed by atoms with van der Waals surface area (Å²) >= 11 is 0. The minimum absolute atomic E-state index is 0.171. The van der Waals surface area contributed by atoms with Gasteiger partial charge < -0.3 is 19.9 Å². The molecule has 2 amide bonds. The average Bonchev–Trinajstić information content (AvgIpc) is 2.61. The van der Waals surface area contributed by atoms with E-state index in [-0.39, 0.29) is 12.0 Å². The molecule has 25 heavy (non-hydrogen) atoms. The van der Waals surface area contributed by atoms with Crippen LogP contribution in [0.2, 0.25) is 0 Å². The average molecular weight is 348 g/mol. The predicted octanol–water partition coefficient (Wildman–Crippen LogP) is 0.684. The summed E-state index contributed by atoms with van der Waals surface area (Å²) < 4.78 is 4.81. The zero-order valence-electron chi connectivity index (χ0n) is 15.5. The van der Waals surface area contributed by atoms with Gasteiger partial charge in [0.1, 0.15) is 12.6 Å². The van der Waals surface area contributed by atoms with E-state index in [2.05, 4.69) is 29.6 Å². The Morgan fingerprint density at radius 1 is 1.20 bits per heavy atom. The first kappa shape index (κ1) is 19.2. The SMILES string of the molecule is COC(=O)[C@H](CC(C)C)NC(=O)N1CC[NH+](Cc2ccccc2)CC1. The summed E-state index contributed by atoms with van der Waals surface area (Å²) in [6.45, 7) is 8.24. The van der Waals surface area contributed by atoms with Crippen molar-refractivity contribution in [3.8, 4) is 0 Å². The van der Waals surface area contributed by atoms with Crippen molar-refractivity contribution in [2.75, 3.05) is 33.3 Å². The number of esters is 1. The standard InChI is InChI=1S/C19H29N3O3/c1-15(2)13-17(18(23)25-3)20-19(24)22-11-9-21(10-12-22)14-16-7-5-4-6-8-16/h4-8,15,17H,9-14H2,1-3H3,(H,20,24)/p+1/t17-/m0/s1. The number of amides is 2. The highest BCUT2D eigenvalue weighted by Crippen LogP contribution is 2.07. The van der Waals surface area contributed by atoms with E-state index in [4.69, 9.17) is 4.74 Å². The van der Waals surface area contributed by atoms with Gasteiger partial charge in [-0.3, -0.25) is 0 Å². The van der Waals surface area contributed by atoms with Crippen molar-refractivity contribution >= 4 is 12.0 Å². The molecule has 6 heteroatoms. The maximum absolute atomic E-state index is 12.5. The third kappa shape index (κ3) is 6.05. The number of carbonyl (C=O) groups excluding carboxylic acids is 2. The van der Waals surface area contributed by atoms with Crippen LogP contribution in [0.1, 0.15) is 25.8 Å². The van der Waals surface area contributed by atoms with Crippen molar-refractivity contribution in [3.05, 3.63) is 35.9 Å². The predicted molar refractivity (Wildman–Crippen MR) is 96.2 cm³/mol. The fourth-order valence-corrected chi connectivity index (χ4v) is 3.16. The number of nitrogens with one attached hydrogen (secondary N) is 2. The second-order valence-electron chi connectivity index (χ2n) is 7.05. The molecule has 2 N–H and O–H groups in total. The summed E-state index contributed by atoms with van der Waals surface area (Å²) in [5.41, 5.74) is 1.32. The first-order valence-electron chi connectivity index (χ1n) is 9.00. The molecule has 0 aliphatic carbocycles. The van der Waals surface area contributed by atoms with E-state index in [0.29, 0.717) is 25.4 Å². The van der Waals surface area contributed by atoms with Crippen LogP contribution in [0.25, 0.3) is 0 Å². The van der Waals surface area contributed by atoms with Crippen molar-refractivity contribution in [2.45, 2.75) is 32.9 Å². The van der Waals surface area contributed by atoms with Crippen LogP contribution in [0.3, 0.4) is 0 Å². The van der Waals surface area contributed by atoms with Crippen LogP contribution < -0.4 is 10.2 Å². The molecule has 1 aromatic rings. The number of benzene rings is 1. The van der Waals surface area contributed by atoms with Crippen LogP contribution in [-0.2, 0) is 16.1 Å². The second kappa shape index (κ2) is 9.42. The summed E-state index contributed by atoms with van der Waals surface area (Å²) in [5, 5.41) is 2.84. The molecule has 1 aliphatic heterocycles. The molecule has 1 atom stereocenters. The third-order valence-corrected chi connectivity index (χ3v) is 4.55. The number of hydrogen-bond donors (Lipinski definition) is 2. The topological polar surface area (TPSA) is 63.1 Å². The van der Waals surface area contributed by atoms with Crippen molar-refractivity contribution in [3.63, 3.8) is 0 Å². The van der Waals surface area contributed by atoms with Gasteiger partial charge in [-0.2, -0.15) is 0 Å². The van der Waals surface area contributed by atoms with Gasteiger partial charge in [0.05, 0.1) is 33.3 Å². The van der Waals surface area contributed by atoms with Gasteiger partial charge in [-0.1, -0.05) is 44.2 Å². The minimum Gasteiger partial charge on any atom is -0.467 e. The van der Waals surface area contributed by atoms with Crippen molar-refractivity contribution in [2.24, 2.45) is 5.92 Å². The first-order valence-corrected chi connectivity index (χ1v) is 9.00. The number of carbonyl (C=O) groups is 2. The first-order chi connectivity index (χ1) is 12.0. The molecule has 0 bridgehead atoms. The molecule has 1 saturated heterocycles.